The van der Waals surface area contributed by atoms with Gasteiger partial charge in [0.05, 0.1) is 16.5 Å². The molecule has 0 spiro atoms. The highest BCUT2D eigenvalue weighted by Gasteiger charge is 2.16. The van der Waals surface area contributed by atoms with Gasteiger partial charge in [0, 0.05) is 28.1 Å². The summed E-state index contributed by atoms with van der Waals surface area (Å²) in [6.45, 7) is 4.79. The summed E-state index contributed by atoms with van der Waals surface area (Å²) >= 11 is 14.9. The maximum absolute atomic E-state index is 12.5. The molecule has 6 nitrogen and oxygen atoms in total. The number of thioether (sulfide) groups is 1. The smallest absolute Gasteiger partial charge is 0.236 e. The lowest BCUT2D eigenvalue weighted by Crippen LogP contribution is -2.14. The first-order valence-corrected chi connectivity index (χ1v) is 12.4. The van der Waals surface area contributed by atoms with E-state index in [0.717, 1.165) is 22.5 Å². The first-order valence-electron chi connectivity index (χ1n) is 9.79. The molecule has 2 aromatic carbocycles. The van der Waals surface area contributed by atoms with Crippen molar-refractivity contribution in [2.24, 2.45) is 0 Å². The zero-order valence-corrected chi connectivity index (χ0v) is 20.4. The number of amides is 1. The number of thiazole rings is 1. The van der Waals surface area contributed by atoms with E-state index in [1.54, 1.807) is 12.1 Å². The van der Waals surface area contributed by atoms with Gasteiger partial charge in [0.15, 0.2) is 16.1 Å². The van der Waals surface area contributed by atoms with Crippen LogP contribution in [0.1, 0.15) is 12.5 Å². The van der Waals surface area contributed by atoms with Crippen molar-refractivity contribution in [3.63, 3.8) is 0 Å². The summed E-state index contributed by atoms with van der Waals surface area (Å²) in [6.07, 6.45) is 0. The van der Waals surface area contributed by atoms with Gasteiger partial charge in [0.2, 0.25) is 5.91 Å². The van der Waals surface area contributed by atoms with Crippen LogP contribution in [-0.2, 0) is 11.3 Å². The predicted molar refractivity (Wildman–Crippen MR) is 133 cm³/mol. The van der Waals surface area contributed by atoms with E-state index in [2.05, 4.69) is 20.5 Å². The fraction of sp³-hybridized carbons (Fsp3) is 0.182. The van der Waals surface area contributed by atoms with Crippen molar-refractivity contribution < 1.29 is 4.79 Å². The minimum Gasteiger partial charge on any atom is -0.302 e. The quantitative estimate of drug-likeness (QED) is 0.294. The Balaban J connectivity index is 1.42. The minimum absolute atomic E-state index is 0.166. The van der Waals surface area contributed by atoms with E-state index in [-0.39, 0.29) is 11.7 Å². The number of rotatable bonds is 7. The van der Waals surface area contributed by atoms with Crippen molar-refractivity contribution >= 4 is 57.3 Å². The molecule has 1 N–H and O–H groups in total. The molecule has 0 saturated carbocycles. The molecule has 0 aliphatic rings. The van der Waals surface area contributed by atoms with Crippen LogP contribution in [0.5, 0.6) is 0 Å². The molecule has 0 unspecified atom stereocenters. The lowest BCUT2D eigenvalue weighted by atomic mass is 10.1. The maximum atomic E-state index is 12.5. The fourth-order valence-electron chi connectivity index (χ4n) is 3.14. The van der Waals surface area contributed by atoms with Gasteiger partial charge >= 0.3 is 0 Å². The number of aryl methyl sites for hydroxylation is 1. The van der Waals surface area contributed by atoms with E-state index in [1.165, 1.54) is 23.1 Å². The SMILES string of the molecule is CCn1c(SCC(=O)Nc2nc(-c3ccc(Cl)cc3Cl)cs2)nnc1-c1ccccc1C. The number of benzene rings is 2. The predicted octanol–water partition coefficient (Wildman–Crippen LogP) is 6.43. The van der Waals surface area contributed by atoms with Crippen LogP contribution in [-0.4, -0.2) is 31.4 Å². The van der Waals surface area contributed by atoms with Gasteiger partial charge in [0.25, 0.3) is 0 Å². The summed E-state index contributed by atoms with van der Waals surface area (Å²) in [5, 5.41) is 15.6. The van der Waals surface area contributed by atoms with Crippen molar-refractivity contribution in [2.75, 3.05) is 11.1 Å². The zero-order chi connectivity index (χ0) is 22.7. The Hall–Kier alpha value is -2.39. The van der Waals surface area contributed by atoms with Crippen LogP contribution in [0.25, 0.3) is 22.6 Å². The third kappa shape index (κ3) is 4.99. The van der Waals surface area contributed by atoms with Crippen molar-refractivity contribution in [1.82, 2.24) is 19.7 Å². The topological polar surface area (TPSA) is 72.7 Å². The molecule has 4 rings (SSSR count). The normalized spacial score (nSPS) is 11.0. The molecule has 0 fully saturated rings. The number of aromatic nitrogens is 4. The molecule has 10 heteroatoms. The molecule has 0 aliphatic carbocycles. The van der Waals surface area contributed by atoms with E-state index < -0.39 is 0 Å². The van der Waals surface area contributed by atoms with Crippen molar-refractivity contribution in [1.29, 1.82) is 0 Å². The first kappa shape index (κ1) is 22.8. The average Bonchev–Trinajstić information content (AvgIpc) is 3.39. The molecule has 4 aromatic rings. The van der Waals surface area contributed by atoms with Crippen LogP contribution in [0.4, 0.5) is 5.13 Å². The Morgan fingerprint density at radius 2 is 1.97 bits per heavy atom. The lowest BCUT2D eigenvalue weighted by Gasteiger charge is -2.09. The van der Waals surface area contributed by atoms with E-state index in [1.807, 2.05) is 54.1 Å². The number of halogens is 2. The molecule has 0 radical (unpaired) electrons. The summed E-state index contributed by atoms with van der Waals surface area (Å²) in [7, 11) is 0. The van der Waals surface area contributed by atoms with Crippen LogP contribution >= 0.6 is 46.3 Å². The summed E-state index contributed by atoms with van der Waals surface area (Å²) in [5.74, 6) is 0.835. The molecular formula is C22H19Cl2N5OS2. The number of carbonyl (C=O) groups is 1. The first-order chi connectivity index (χ1) is 15.5. The van der Waals surface area contributed by atoms with Gasteiger partial charge in [-0.2, -0.15) is 0 Å². The number of hydrogen-bond acceptors (Lipinski definition) is 6. The summed E-state index contributed by atoms with van der Waals surface area (Å²) in [5.41, 5.74) is 3.62. The van der Waals surface area contributed by atoms with Gasteiger partial charge in [-0.3, -0.25) is 4.79 Å². The molecule has 2 aromatic heterocycles. The number of nitrogens with zero attached hydrogens (tertiary/aromatic N) is 4. The van der Waals surface area contributed by atoms with Gasteiger partial charge < -0.3 is 9.88 Å². The van der Waals surface area contributed by atoms with Gasteiger partial charge in [-0.25, -0.2) is 4.98 Å². The molecule has 32 heavy (non-hydrogen) atoms. The molecule has 164 valence electrons. The fourth-order valence-corrected chi connectivity index (χ4v) is 5.18. The Kier molecular flexibility index (Phi) is 7.15. The highest BCUT2D eigenvalue weighted by atomic mass is 35.5. The van der Waals surface area contributed by atoms with Gasteiger partial charge in [-0.1, -0.05) is 59.2 Å². The molecule has 0 aliphatic heterocycles. The number of anilines is 1. The standard InChI is InChI=1S/C22H19Cl2N5OS2/c1-3-29-20(15-7-5-4-6-13(15)2)27-28-22(29)32-12-19(30)26-21-25-18(11-31-21)16-9-8-14(23)10-17(16)24/h4-11H,3,12H2,1-2H3,(H,25,26,30). The van der Waals surface area contributed by atoms with Crippen LogP contribution < -0.4 is 5.32 Å². The van der Waals surface area contributed by atoms with E-state index in [0.29, 0.717) is 32.6 Å². The molecule has 0 atom stereocenters. The molecule has 1 amide bonds. The molecule has 2 heterocycles. The lowest BCUT2D eigenvalue weighted by molar-refractivity contribution is -0.113. The number of carbonyl (C=O) groups excluding carboxylic acids is 1. The highest BCUT2D eigenvalue weighted by Crippen LogP contribution is 2.32. The molecule has 0 bridgehead atoms. The van der Waals surface area contributed by atoms with Gasteiger partial charge in [0.1, 0.15) is 0 Å². The summed E-state index contributed by atoms with van der Waals surface area (Å²) in [4.78, 5) is 17.0. The summed E-state index contributed by atoms with van der Waals surface area (Å²) < 4.78 is 2.02. The molecule has 0 saturated heterocycles. The van der Waals surface area contributed by atoms with Gasteiger partial charge in [-0.05, 0) is 37.6 Å². The van der Waals surface area contributed by atoms with Crippen LogP contribution in [0, 0.1) is 6.92 Å². The van der Waals surface area contributed by atoms with Crippen molar-refractivity contribution in [3.8, 4) is 22.6 Å². The summed E-state index contributed by atoms with van der Waals surface area (Å²) in [6, 6.07) is 13.3. The van der Waals surface area contributed by atoms with E-state index >= 15 is 0 Å². The Morgan fingerprint density at radius 3 is 2.72 bits per heavy atom. The third-order valence-electron chi connectivity index (χ3n) is 4.71. The van der Waals surface area contributed by atoms with Gasteiger partial charge in [-0.15, -0.1) is 21.5 Å². The second-order valence-corrected chi connectivity index (χ2v) is 9.51. The third-order valence-corrected chi connectivity index (χ3v) is 6.98. The van der Waals surface area contributed by atoms with Crippen molar-refractivity contribution in [3.05, 3.63) is 63.5 Å². The van der Waals surface area contributed by atoms with Crippen LogP contribution in [0.2, 0.25) is 10.0 Å². The van der Waals surface area contributed by atoms with Crippen LogP contribution in [0.15, 0.2) is 53.0 Å². The number of hydrogen-bond donors (Lipinski definition) is 1. The Morgan fingerprint density at radius 1 is 1.16 bits per heavy atom. The second-order valence-electron chi connectivity index (χ2n) is 6.86. The van der Waals surface area contributed by atoms with E-state index in [9.17, 15) is 4.79 Å². The monoisotopic (exact) mass is 503 g/mol. The van der Waals surface area contributed by atoms with Crippen molar-refractivity contribution in [2.45, 2.75) is 25.5 Å². The highest BCUT2D eigenvalue weighted by molar-refractivity contribution is 7.99. The number of nitrogens with one attached hydrogen (secondary N) is 1. The average molecular weight is 504 g/mol. The Labute approximate surface area is 204 Å². The minimum atomic E-state index is -0.166. The zero-order valence-electron chi connectivity index (χ0n) is 17.3. The van der Waals surface area contributed by atoms with Crippen LogP contribution in [0.3, 0.4) is 0 Å². The van der Waals surface area contributed by atoms with E-state index in [4.69, 9.17) is 23.2 Å². The second kappa shape index (κ2) is 10.0. The molecular weight excluding hydrogens is 485 g/mol. The Bertz CT molecular complexity index is 1270. The largest absolute Gasteiger partial charge is 0.302 e. The maximum Gasteiger partial charge on any atom is 0.236 e.